The molecule has 0 radical (unpaired) electrons. The molecular weight excluding hydrogens is 426 g/mol. The van der Waals surface area contributed by atoms with Gasteiger partial charge in [-0.15, -0.1) is 0 Å². The number of anilines is 1. The van der Waals surface area contributed by atoms with E-state index in [1.807, 2.05) is 17.7 Å². The molecular formula is C23H33N5O3S. The Hall–Kier alpha value is -2.23. The highest BCUT2D eigenvalue weighted by Gasteiger charge is 2.25. The Morgan fingerprint density at radius 3 is 2.59 bits per heavy atom. The van der Waals surface area contributed by atoms with Gasteiger partial charge in [0.2, 0.25) is 15.9 Å². The maximum absolute atomic E-state index is 12.7. The van der Waals surface area contributed by atoms with Gasteiger partial charge in [0, 0.05) is 19.2 Å². The van der Waals surface area contributed by atoms with Crippen molar-refractivity contribution in [2.45, 2.75) is 56.4 Å². The van der Waals surface area contributed by atoms with Gasteiger partial charge in [0.1, 0.15) is 5.82 Å². The molecule has 2 N–H and O–H groups in total. The summed E-state index contributed by atoms with van der Waals surface area (Å²) in [4.78, 5) is 15.1. The lowest BCUT2D eigenvalue weighted by atomic mass is 9.98. The van der Waals surface area contributed by atoms with Crippen LogP contribution >= 0.6 is 0 Å². The van der Waals surface area contributed by atoms with Crippen LogP contribution in [0.1, 0.15) is 50.1 Å². The second-order valence-electron chi connectivity index (χ2n) is 9.06. The van der Waals surface area contributed by atoms with E-state index in [2.05, 4.69) is 20.0 Å². The molecule has 2 heterocycles. The highest BCUT2D eigenvalue weighted by molar-refractivity contribution is 7.89. The molecule has 32 heavy (non-hydrogen) atoms. The minimum Gasteiger partial charge on any atom is -0.310 e. The predicted molar refractivity (Wildman–Crippen MR) is 124 cm³/mol. The average Bonchev–Trinajstić information content (AvgIpc) is 3.45. The van der Waals surface area contributed by atoms with Crippen LogP contribution in [0.4, 0.5) is 5.82 Å². The molecule has 1 aromatic carbocycles. The third-order valence-electron chi connectivity index (χ3n) is 6.47. The van der Waals surface area contributed by atoms with Crippen molar-refractivity contribution in [1.29, 1.82) is 0 Å². The summed E-state index contributed by atoms with van der Waals surface area (Å²) >= 11 is 0. The van der Waals surface area contributed by atoms with Crippen LogP contribution in [0, 0.1) is 12.8 Å². The summed E-state index contributed by atoms with van der Waals surface area (Å²) in [6, 6.07) is 9.09. The first-order chi connectivity index (χ1) is 15.4. The van der Waals surface area contributed by atoms with Gasteiger partial charge in [-0.3, -0.25) is 9.69 Å². The van der Waals surface area contributed by atoms with E-state index in [0.717, 1.165) is 43.6 Å². The molecule has 0 bridgehead atoms. The minimum atomic E-state index is -3.52. The lowest BCUT2D eigenvalue weighted by Crippen LogP contribution is -2.44. The monoisotopic (exact) mass is 459 g/mol. The Morgan fingerprint density at radius 1 is 1.09 bits per heavy atom. The number of piperidine rings is 1. The minimum absolute atomic E-state index is 0.0503. The number of likely N-dealkylation sites (tertiary alicyclic amines) is 1. The van der Waals surface area contributed by atoms with Crippen LogP contribution in [-0.4, -0.2) is 55.2 Å². The van der Waals surface area contributed by atoms with Crippen LogP contribution in [0.5, 0.6) is 0 Å². The Labute approximate surface area is 190 Å². The quantitative estimate of drug-likeness (QED) is 0.633. The SMILES string of the molecule is Cc1ccc(S(=O)(=O)NCC2CCCN(CC(=O)Nc3ccnn3C3CCCC3)C2)cc1. The van der Waals surface area contributed by atoms with Crippen LogP contribution < -0.4 is 10.0 Å². The molecule has 1 aromatic heterocycles. The van der Waals surface area contributed by atoms with Crippen molar-refractivity contribution in [1.82, 2.24) is 19.4 Å². The van der Waals surface area contributed by atoms with E-state index in [4.69, 9.17) is 0 Å². The van der Waals surface area contributed by atoms with Crippen molar-refractivity contribution in [3.63, 3.8) is 0 Å². The summed E-state index contributed by atoms with van der Waals surface area (Å²) in [5, 5.41) is 7.43. The summed E-state index contributed by atoms with van der Waals surface area (Å²) < 4.78 is 29.8. The van der Waals surface area contributed by atoms with Crippen molar-refractivity contribution >= 4 is 21.7 Å². The molecule has 2 aliphatic rings. The van der Waals surface area contributed by atoms with Crippen molar-refractivity contribution < 1.29 is 13.2 Å². The molecule has 2 aromatic rings. The van der Waals surface area contributed by atoms with Gasteiger partial charge in [0.15, 0.2) is 0 Å². The van der Waals surface area contributed by atoms with E-state index in [-0.39, 0.29) is 16.7 Å². The molecule has 4 rings (SSSR count). The number of aromatic nitrogens is 2. The number of nitrogens with zero attached hydrogens (tertiary/aromatic N) is 3. The predicted octanol–water partition coefficient (Wildman–Crippen LogP) is 2.94. The number of nitrogens with one attached hydrogen (secondary N) is 2. The number of hydrogen-bond donors (Lipinski definition) is 2. The van der Waals surface area contributed by atoms with Gasteiger partial charge < -0.3 is 5.32 Å². The van der Waals surface area contributed by atoms with Crippen molar-refractivity contribution in [2.75, 3.05) is 31.5 Å². The fourth-order valence-corrected chi connectivity index (χ4v) is 5.84. The zero-order valence-corrected chi connectivity index (χ0v) is 19.5. The van der Waals surface area contributed by atoms with Gasteiger partial charge in [0.05, 0.1) is 23.7 Å². The lowest BCUT2D eigenvalue weighted by molar-refractivity contribution is -0.117. The molecule has 174 valence electrons. The normalized spacial score (nSPS) is 20.5. The molecule has 1 aliphatic heterocycles. The van der Waals surface area contributed by atoms with Crippen molar-refractivity contribution in [3.05, 3.63) is 42.1 Å². The summed E-state index contributed by atoms with van der Waals surface area (Å²) in [5.74, 6) is 0.896. The largest absolute Gasteiger partial charge is 0.310 e. The number of rotatable bonds is 8. The summed E-state index contributed by atoms with van der Waals surface area (Å²) in [6.07, 6.45) is 8.27. The van der Waals surface area contributed by atoms with E-state index in [0.29, 0.717) is 25.7 Å². The number of hydrogen-bond acceptors (Lipinski definition) is 5. The van der Waals surface area contributed by atoms with Crippen molar-refractivity contribution in [2.24, 2.45) is 5.92 Å². The van der Waals surface area contributed by atoms with Crippen LogP contribution in [0.3, 0.4) is 0 Å². The first kappa shape index (κ1) is 22.9. The standard InChI is InChI=1S/C23H33N5O3S/c1-18-8-10-21(11-9-18)32(30,31)25-15-19-5-4-14-27(16-19)17-23(29)26-22-12-13-24-28(22)20-6-2-3-7-20/h8-13,19-20,25H,2-7,14-17H2,1H3,(H,26,29). The highest BCUT2D eigenvalue weighted by atomic mass is 32.2. The molecule has 1 atom stereocenters. The van der Waals surface area contributed by atoms with E-state index >= 15 is 0 Å². The molecule has 1 aliphatic carbocycles. The Kier molecular flexibility index (Phi) is 7.27. The first-order valence-electron chi connectivity index (χ1n) is 11.5. The zero-order chi connectivity index (χ0) is 22.6. The van der Waals surface area contributed by atoms with E-state index < -0.39 is 10.0 Å². The van der Waals surface area contributed by atoms with Gasteiger partial charge >= 0.3 is 0 Å². The molecule has 9 heteroatoms. The van der Waals surface area contributed by atoms with Gasteiger partial charge in [-0.25, -0.2) is 17.8 Å². The highest BCUT2D eigenvalue weighted by Crippen LogP contribution is 2.31. The fraction of sp³-hybridized carbons (Fsp3) is 0.565. The zero-order valence-electron chi connectivity index (χ0n) is 18.7. The van der Waals surface area contributed by atoms with Gasteiger partial charge in [0.25, 0.3) is 0 Å². The second kappa shape index (κ2) is 10.1. The summed E-state index contributed by atoms with van der Waals surface area (Å²) in [7, 11) is -3.52. The van der Waals surface area contributed by atoms with E-state index in [9.17, 15) is 13.2 Å². The van der Waals surface area contributed by atoms with Gasteiger partial charge in [-0.2, -0.15) is 5.10 Å². The number of sulfonamides is 1. The molecule has 0 spiro atoms. The number of carbonyl (C=O) groups is 1. The van der Waals surface area contributed by atoms with Crippen molar-refractivity contribution in [3.8, 4) is 0 Å². The first-order valence-corrected chi connectivity index (χ1v) is 13.0. The Balaban J connectivity index is 1.27. The summed E-state index contributed by atoms with van der Waals surface area (Å²) in [6.45, 7) is 4.15. The van der Waals surface area contributed by atoms with E-state index in [1.54, 1.807) is 30.5 Å². The third kappa shape index (κ3) is 5.76. The van der Waals surface area contributed by atoms with Gasteiger partial charge in [-0.05, 0) is 57.2 Å². The van der Waals surface area contributed by atoms with Crippen LogP contribution in [0.25, 0.3) is 0 Å². The molecule has 8 nitrogen and oxygen atoms in total. The second-order valence-corrected chi connectivity index (χ2v) is 10.8. The van der Waals surface area contributed by atoms with Crippen LogP contribution in [-0.2, 0) is 14.8 Å². The summed E-state index contributed by atoms with van der Waals surface area (Å²) in [5.41, 5.74) is 1.02. The topological polar surface area (TPSA) is 96.3 Å². The molecule has 2 fully saturated rings. The molecule has 1 amide bonds. The maximum Gasteiger partial charge on any atom is 0.240 e. The molecule has 1 saturated heterocycles. The Bertz CT molecular complexity index is 1010. The molecule has 1 saturated carbocycles. The van der Waals surface area contributed by atoms with Crippen LogP contribution in [0.2, 0.25) is 0 Å². The average molecular weight is 460 g/mol. The fourth-order valence-electron chi connectivity index (χ4n) is 4.73. The number of carbonyl (C=O) groups excluding carboxylic acids is 1. The number of benzene rings is 1. The Morgan fingerprint density at radius 2 is 1.84 bits per heavy atom. The van der Waals surface area contributed by atoms with E-state index in [1.165, 1.54) is 12.8 Å². The maximum atomic E-state index is 12.7. The number of amides is 1. The number of aryl methyl sites for hydroxylation is 1. The smallest absolute Gasteiger partial charge is 0.240 e. The molecule has 1 unspecified atom stereocenters. The third-order valence-corrected chi connectivity index (χ3v) is 7.91. The lowest BCUT2D eigenvalue weighted by Gasteiger charge is -2.32. The van der Waals surface area contributed by atoms with Gasteiger partial charge in [-0.1, -0.05) is 30.5 Å². The van der Waals surface area contributed by atoms with Crippen LogP contribution in [0.15, 0.2) is 41.4 Å².